The molecule has 2 aromatic carbocycles. The Morgan fingerprint density at radius 2 is 2.00 bits per heavy atom. The van der Waals surface area contributed by atoms with Crippen molar-refractivity contribution < 1.29 is 4.79 Å². The molecule has 0 spiro atoms. The van der Waals surface area contributed by atoms with Gasteiger partial charge in [0.1, 0.15) is 0 Å². The molecule has 2 N–H and O–H groups in total. The zero-order chi connectivity index (χ0) is 16.2. The fraction of sp³-hybridized carbons (Fsp3) is 0.350. The van der Waals surface area contributed by atoms with Gasteiger partial charge in [0.05, 0.1) is 6.04 Å². The molecule has 1 amide bonds. The Morgan fingerprint density at radius 1 is 1.17 bits per heavy atom. The summed E-state index contributed by atoms with van der Waals surface area (Å²) in [5.74, 6) is 0.0126. The van der Waals surface area contributed by atoms with Gasteiger partial charge in [-0.25, -0.2) is 0 Å². The van der Waals surface area contributed by atoms with Gasteiger partial charge >= 0.3 is 0 Å². The van der Waals surface area contributed by atoms with E-state index >= 15 is 0 Å². The van der Waals surface area contributed by atoms with Crippen molar-refractivity contribution in [3.05, 3.63) is 65.2 Å². The molecule has 0 radical (unpaired) electrons. The number of nitrogens with one attached hydrogen (secondary N) is 2. The molecule has 3 heteroatoms. The summed E-state index contributed by atoms with van der Waals surface area (Å²) in [4.78, 5) is 12.4. The number of hydrogen-bond donors (Lipinski definition) is 2. The van der Waals surface area contributed by atoms with Crippen molar-refractivity contribution in [2.24, 2.45) is 0 Å². The highest BCUT2D eigenvalue weighted by molar-refractivity contribution is 5.94. The first-order valence-corrected chi connectivity index (χ1v) is 8.35. The van der Waals surface area contributed by atoms with E-state index < -0.39 is 0 Å². The van der Waals surface area contributed by atoms with E-state index in [0.29, 0.717) is 0 Å². The molecular weight excluding hydrogens is 284 g/mol. The second kappa shape index (κ2) is 6.97. The lowest BCUT2D eigenvalue weighted by atomic mass is 9.87. The molecule has 120 valence electrons. The van der Waals surface area contributed by atoms with E-state index in [2.05, 4.69) is 34.9 Å². The lowest BCUT2D eigenvalue weighted by Gasteiger charge is -2.29. The van der Waals surface area contributed by atoms with Gasteiger partial charge < -0.3 is 5.32 Å². The Labute approximate surface area is 138 Å². The van der Waals surface area contributed by atoms with Crippen molar-refractivity contribution >= 4 is 11.6 Å². The van der Waals surface area contributed by atoms with Crippen LogP contribution >= 0.6 is 0 Å². The van der Waals surface area contributed by atoms with Gasteiger partial charge in [-0.2, -0.15) is 0 Å². The van der Waals surface area contributed by atoms with Gasteiger partial charge in [0, 0.05) is 11.7 Å². The number of carbonyl (C=O) groups excluding carboxylic acids is 1. The molecule has 1 aliphatic rings. The molecule has 3 nitrogen and oxygen atoms in total. The van der Waals surface area contributed by atoms with Crippen LogP contribution in [0.3, 0.4) is 0 Å². The number of benzene rings is 2. The molecule has 1 aliphatic carbocycles. The van der Waals surface area contributed by atoms with Crippen LogP contribution in [0.4, 0.5) is 5.69 Å². The maximum Gasteiger partial charge on any atom is 0.241 e. The monoisotopic (exact) mass is 308 g/mol. The molecule has 3 rings (SSSR count). The predicted molar refractivity (Wildman–Crippen MR) is 94.5 cm³/mol. The highest BCUT2D eigenvalue weighted by Crippen LogP contribution is 2.29. The van der Waals surface area contributed by atoms with E-state index in [4.69, 9.17) is 0 Å². The topological polar surface area (TPSA) is 41.1 Å². The van der Waals surface area contributed by atoms with Gasteiger partial charge in [0.2, 0.25) is 5.91 Å². The standard InChI is InChI=1S/C20H24N2O/c1-14-7-5-10-17(13-14)22-20(23)15(2)21-19-12-6-9-16-8-3-4-11-18(16)19/h3-5,7-8,10-11,13,15,19,21H,6,9,12H2,1-2H3,(H,22,23)/t15-,19-/m1/s1. The minimum atomic E-state index is -0.230. The van der Waals surface area contributed by atoms with Gasteiger partial charge in [0.15, 0.2) is 0 Å². The molecule has 0 saturated carbocycles. The maximum absolute atomic E-state index is 12.4. The number of rotatable bonds is 4. The second-order valence-electron chi connectivity index (χ2n) is 6.39. The molecule has 0 aromatic heterocycles. The summed E-state index contributed by atoms with van der Waals surface area (Å²) in [6, 6.07) is 16.5. The van der Waals surface area contributed by atoms with E-state index in [-0.39, 0.29) is 18.0 Å². The predicted octanol–water partition coefficient (Wildman–Crippen LogP) is 3.99. The number of aryl methyl sites for hydroxylation is 2. The van der Waals surface area contributed by atoms with Crippen LogP contribution in [-0.2, 0) is 11.2 Å². The lowest BCUT2D eigenvalue weighted by Crippen LogP contribution is -2.41. The fourth-order valence-electron chi connectivity index (χ4n) is 3.28. The van der Waals surface area contributed by atoms with Crippen molar-refractivity contribution in [2.75, 3.05) is 5.32 Å². The summed E-state index contributed by atoms with van der Waals surface area (Å²) in [6.45, 7) is 3.96. The van der Waals surface area contributed by atoms with Crippen LogP contribution in [0.5, 0.6) is 0 Å². The molecule has 0 bridgehead atoms. The van der Waals surface area contributed by atoms with Gasteiger partial charge in [-0.15, -0.1) is 0 Å². The van der Waals surface area contributed by atoms with Crippen LogP contribution in [0.1, 0.15) is 42.5 Å². The molecule has 0 heterocycles. The molecule has 2 aromatic rings. The van der Waals surface area contributed by atoms with Crippen LogP contribution in [0, 0.1) is 6.92 Å². The Hall–Kier alpha value is -2.13. The lowest BCUT2D eigenvalue weighted by molar-refractivity contribution is -0.118. The zero-order valence-corrected chi connectivity index (χ0v) is 13.8. The minimum absolute atomic E-state index is 0.0126. The SMILES string of the molecule is Cc1cccc(NC(=O)[C@@H](C)N[C@@H]2CCCc3ccccc32)c1. The zero-order valence-electron chi connectivity index (χ0n) is 13.8. The van der Waals surface area contributed by atoms with Crippen LogP contribution in [0.25, 0.3) is 0 Å². The summed E-state index contributed by atoms with van der Waals surface area (Å²) < 4.78 is 0. The summed E-state index contributed by atoms with van der Waals surface area (Å²) in [7, 11) is 0. The van der Waals surface area contributed by atoms with Crippen molar-refractivity contribution in [3.8, 4) is 0 Å². The van der Waals surface area contributed by atoms with Gasteiger partial charge in [-0.1, -0.05) is 36.4 Å². The van der Waals surface area contributed by atoms with Crippen LogP contribution in [0.15, 0.2) is 48.5 Å². The first kappa shape index (κ1) is 15.8. The third-order valence-corrected chi connectivity index (χ3v) is 4.50. The number of amides is 1. The van der Waals surface area contributed by atoms with E-state index in [9.17, 15) is 4.79 Å². The minimum Gasteiger partial charge on any atom is -0.325 e. The fourth-order valence-corrected chi connectivity index (χ4v) is 3.28. The molecule has 0 unspecified atom stereocenters. The van der Waals surface area contributed by atoms with Gasteiger partial charge in [-0.3, -0.25) is 10.1 Å². The van der Waals surface area contributed by atoms with Gasteiger partial charge in [-0.05, 0) is 61.9 Å². The number of hydrogen-bond acceptors (Lipinski definition) is 2. The molecule has 23 heavy (non-hydrogen) atoms. The van der Waals surface area contributed by atoms with Crippen molar-refractivity contribution in [3.63, 3.8) is 0 Å². The van der Waals surface area contributed by atoms with Crippen LogP contribution in [-0.4, -0.2) is 11.9 Å². The molecular formula is C20H24N2O. The first-order valence-electron chi connectivity index (χ1n) is 8.35. The highest BCUT2D eigenvalue weighted by Gasteiger charge is 2.23. The Bertz CT molecular complexity index is 696. The number of fused-ring (bicyclic) bond motifs is 1. The van der Waals surface area contributed by atoms with E-state index in [1.807, 2.05) is 38.1 Å². The summed E-state index contributed by atoms with van der Waals surface area (Å²) in [5.41, 5.74) is 4.74. The average molecular weight is 308 g/mol. The first-order chi connectivity index (χ1) is 11.1. The van der Waals surface area contributed by atoms with Crippen molar-refractivity contribution in [1.82, 2.24) is 5.32 Å². The van der Waals surface area contributed by atoms with E-state index in [1.54, 1.807) is 0 Å². The van der Waals surface area contributed by atoms with Crippen molar-refractivity contribution in [1.29, 1.82) is 0 Å². The largest absolute Gasteiger partial charge is 0.325 e. The van der Waals surface area contributed by atoms with Gasteiger partial charge in [0.25, 0.3) is 0 Å². The quantitative estimate of drug-likeness (QED) is 0.896. The van der Waals surface area contributed by atoms with Crippen LogP contribution < -0.4 is 10.6 Å². The maximum atomic E-state index is 12.4. The third kappa shape index (κ3) is 3.80. The van der Waals surface area contributed by atoms with Crippen molar-refractivity contribution in [2.45, 2.75) is 45.2 Å². The van der Waals surface area contributed by atoms with Crippen LogP contribution in [0.2, 0.25) is 0 Å². The normalized spacial score (nSPS) is 18.1. The molecule has 2 atom stereocenters. The Kier molecular flexibility index (Phi) is 4.77. The van der Waals surface area contributed by atoms with E-state index in [0.717, 1.165) is 24.1 Å². The summed E-state index contributed by atoms with van der Waals surface area (Å²) in [5, 5.41) is 6.49. The molecule has 0 aliphatic heterocycles. The Balaban J connectivity index is 1.65. The van der Waals surface area contributed by atoms with E-state index in [1.165, 1.54) is 17.5 Å². The highest BCUT2D eigenvalue weighted by atomic mass is 16.2. The summed E-state index contributed by atoms with van der Waals surface area (Å²) in [6.07, 6.45) is 3.39. The molecule has 0 fully saturated rings. The molecule has 0 saturated heterocycles. The average Bonchev–Trinajstić information content (AvgIpc) is 2.55. The summed E-state index contributed by atoms with van der Waals surface area (Å²) >= 11 is 0. The number of carbonyl (C=O) groups is 1. The second-order valence-corrected chi connectivity index (χ2v) is 6.39. The third-order valence-electron chi connectivity index (χ3n) is 4.50. The smallest absolute Gasteiger partial charge is 0.241 e. The Morgan fingerprint density at radius 3 is 2.83 bits per heavy atom. The number of anilines is 1.